The lowest BCUT2D eigenvalue weighted by Crippen LogP contribution is -2.40. The van der Waals surface area contributed by atoms with E-state index >= 15 is 0 Å². The molecule has 0 radical (unpaired) electrons. The molecule has 6 nitrogen and oxygen atoms in total. The lowest BCUT2D eigenvalue weighted by Gasteiger charge is -2.24. The van der Waals surface area contributed by atoms with Crippen LogP contribution in [0.4, 0.5) is 5.69 Å². The number of nitrogens with one attached hydrogen (secondary N) is 1. The van der Waals surface area contributed by atoms with Crippen LogP contribution in [0.2, 0.25) is 0 Å². The first kappa shape index (κ1) is 20.8. The number of hydrogen-bond acceptors (Lipinski definition) is 3. The molecule has 0 aliphatic heterocycles. The molecule has 1 aromatic carbocycles. The quantitative estimate of drug-likeness (QED) is 0.564. The largest absolute Gasteiger partial charge is 0.478 e. The molecule has 20 heavy (non-hydrogen) atoms. The highest BCUT2D eigenvalue weighted by atomic mass is 35.5. The minimum Gasteiger partial charge on any atom is -0.478 e. The number of halogens is 2. The van der Waals surface area contributed by atoms with Crippen molar-refractivity contribution in [1.29, 1.82) is 5.41 Å². The van der Waals surface area contributed by atoms with Gasteiger partial charge in [-0.3, -0.25) is 5.41 Å². The SMILES string of the molecule is CN(C)CCN(C(=N)N)c1ccc(C(=O)O)cc1.Cl.Cl. The second-order valence-electron chi connectivity index (χ2n) is 4.19. The summed E-state index contributed by atoms with van der Waals surface area (Å²) in [7, 11) is 3.87. The van der Waals surface area contributed by atoms with E-state index in [4.69, 9.17) is 16.2 Å². The van der Waals surface area contributed by atoms with Gasteiger partial charge >= 0.3 is 5.97 Å². The van der Waals surface area contributed by atoms with Crippen LogP contribution in [0.25, 0.3) is 0 Å². The fourth-order valence-electron chi connectivity index (χ4n) is 1.47. The molecule has 1 aromatic rings. The van der Waals surface area contributed by atoms with E-state index < -0.39 is 5.97 Å². The number of carbonyl (C=O) groups is 1. The number of nitrogens with two attached hydrogens (primary N) is 1. The van der Waals surface area contributed by atoms with Crippen molar-refractivity contribution in [2.45, 2.75) is 0 Å². The molecule has 0 unspecified atom stereocenters. The van der Waals surface area contributed by atoms with Crippen LogP contribution in [0.5, 0.6) is 0 Å². The number of anilines is 1. The van der Waals surface area contributed by atoms with E-state index in [2.05, 4.69) is 0 Å². The van der Waals surface area contributed by atoms with E-state index in [-0.39, 0.29) is 36.3 Å². The average molecular weight is 323 g/mol. The monoisotopic (exact) mass is 322 g/mol. The molecule has 0 bridgehead atoms. The molecule has 0 saturated heterocycles. The first-order chi connectivity index (χ1) is 8.41. The molecule has 4 N–H and O–H groups in total. The van der Waals surface area contributed by atoms with Crippen LogP contribution in [-0.2, 0) is 0 Å². The summed E-state index contributed by atoms with van der Waals surface area (Å²) in [5.74, 6) is -1.02. The number of aromatic carboxylic acids is 1. The molecular weight excluding hydrogens is 303 g/mol. The second kappa shape index (κ2) is 9.41. The third-order valence-corrected chi connectivity index (χ3v) is 2.49. The van der Waals surface area contributed by atoms with Gasteiger partial charge in [0.05, 0.1) is 5.56 Å². The maximum atomic E-state index is 10.7. The van der Waals surface area contributed by atoms with Gasteiger partial charge in [0.1, 0.15) is 0 Å². The van der Waals surface area contributed by atoms with Gasteiger partial charge in [-0.25, -0.2) is 4.79 Å². The van der Waals surface area contributed by atoms with Gasteiger partial charge in [-0.1, -0.05) is 0 Å². The van der Waals surface area contributed by atoms with Crippen molar-refractivity contribution in [3.05, 3.63) is 29.8 Å². The third-order valence-electron chi connectivity index (χ3n) is 2.49. The summed E-state index contributed by atoms with van der Waals surface area (Å²) in [6.45, 7) is 1.33. The topological polar surface area (TPSA) is 93.7 Å². The van der Waals surface area contributed by atoms with Crippen LogP contribution in [0.15, 0.2) is 24.3 Å². The summed E-state index contributed by atoms with van der Waals surface area (Å²) in [5, 5.41) is 16.4. The van der Waals surface area contributed by atoms with Crippen molar-refractivity contribution in [2.75, 3.05) is 32.1 Å². The van der Waals surface area contributed by atoms with Crippen molar-refractivity contribution in [3.8, 4) is 0 Å². The fraction of sp³-hybridized carbons (Fsp3) is 0.333. The Bertz CT molecular complexity index is 438. The Labute approximate surface area is 130 Å². The predicted octanol–water partition coefficient (Wildman–Crippen LogP) is 1.49. The zero-order valence-electron chi connectivity index (χ0n) is 11.4. The molecular formula is C12H20Cl2N4O2. The summed E-state index contributed by atoms with van der Waals surface area (Å²) >= 11 is 0. The minimum atomic E-state index is -0.968. The molecule has 0 aliphatic carbocycles. The smallest absolute Gasteiger partial charge is 0.335 e. The van der Waals surface area contributed by atoms with Gasteiger partial charge in [-0.15, -0.1) is 24.8 Å². The minimum absolute atomic E-state index is 0. The van der Waals surface area contributed by atoms with Crippen LogP contribution < -0.4 is 10.6 Å². The Balaban J connectivity index is 0. The zero-order valence-corrected chi connectivity index (χ0v) is 13.0. The maximum Gasteiger partial charge on any atom is 0.335 e. The molecule has 0 saturated carbocycles. The number of benzene rings is 1. The summed E-state index contributed by atoms with van der Waals surface area (Å²) in [6.07, 6.45) is 0. The highest BCUT2D eigenvalue weighted by Crippen LogP contribution is 2.14. The van der Waals surface area contributed by atoms with E-state index in [1.54, 1.807) is 17.0 Å². The number of rotatable bonds is 5. The predicted molar refractivity (Wildman–Crippen MR) is 85.7 cm³/mol. The van der Waals surface area contributed by atoms with Gasteiger partial charge in [0.15, 0.2) is 5.96 Å². The van der Waals surface area contributed by atoms with E-state index in [1.165, 1.54) is 12.1 Å². The Morgan fingerprint density at radius 2 is 1.70 bits per heavy atom. The van der Waals surface area contributed by atoms with Crippen molar-refractivity contribution >= 4 is 42.4 Å². The van der Waals surface area contributed by atoms with Crippen molar-refractivity contribution < 1.29 is 9.90 Å². The summed E-state index contributed by atoms with van der Waals surface area (Å²) < 4.78 is 0. The van der Waals surface area contributed by atoms with Crippen molar-refractivity contribution in [2.24, 2.45) is 5.73 Å². The molecule has 0 fully saturated rings. The normalized spacial score (nSPS) is 9.35. The first-order valence-electron chi connectivity index (χ1n) is 5.51. The van der Waals surface area contributed by atoms with E-state index in [1.807, 2.05) is 19.0 Å². The lowest BCUT2D eigenvalue weighted by molar-refractivity contribution is 0.0697. The Morgan fingerprint density at radius 3 is 2.05 bits per heavy atom. The number of likely N-dealkylation sites (N-methyl/N-ethyl adjacent to an activating group) is 1. The number of carboxylic acids is 1. The molecule has 114 valence electrons. The molecule has 0 atom stereocenters. The lowest BCUT2D eigenvalue weighted by atomic mass is 10.2. The highest BCUT2D eigenvalue weighted by Gasteiger charge is 2.10. The van der Waals surface area contributed by atoms with E-state index in [0.29, 0.717) is 12.2 Å². The first-order valence-corrected chi connectivity index (χ1v) is 5.51. The Morgan fingerprint density at radius 1 is 1.20 bits per heavy atom. The van der Waals surface area contributed by atoms with Gasteiger partial charge < -0.3 is 20.6 Å². The van der Waals surface area contributed by atoms with E-state index in [9.17, 15) is 4.79 Å². The average Bonchev–Trinajstić information content (AvgIpc) is 2.29. The summed E-state index contributed by atoms with van der Waals surface area (Å²) in [6, 6.07) is 6.31. The van der Waals surface area contributed by atoms with Crippen LogP contribution in [0, 0.1) is 5.41 Å². The molecule has 0 aliphatic rings. The second-order valence-corrected chi connectivity index (χ2v) is 4.19. The van der Waals surface area contributed by atoms with Crippen molar-refractivity contribution in [3.63, 3.8) is 0 Å². The fourth-order valence-corrected chi connectivity index (χ4v) is 1.47. The molecule has 0 amide bonds. The van der Waals surface area contributed by atoms with Crippen LogP contribution in [0.3, 0.4) is 0 Å². The standard InChI is InChI=1S/C12H18N4O2.2ClH/c1-15(2)7-8-16(12(13)14)10-5-3-9(4-6-10)11(17)18;;/h3-6H,7-8H2,1-2H3,(H3,13,14)(H,17,18);2*1H. The van der Waals surface area contributed by atoms with Gasteiger partial charge in [-0.2, -0.15) is 0 Å². The van der Waals surface area contributed by atoms with Crippen LogP contribution in [0.1, 0.15) is 10.4 Å². The number of hydrogen-bond donors (Lipinski definition) is 3. The van der Waals surface area contributed by atoms with Gasteiger partial charge in [0, 0.05) is 18.8 Å². The van der Waals surface area contributed by atoms with Crippen LogP contribution >= 0.6 is 24.8 Å². The summed E-state index contributed by atoms with van der Waals surface area (Å²) in [4.78, 5) is 14.4. The van der Waals surface area contributed by atoms with E-state index in [0.717, 1.165) is 6.54 Å². The maximum absolute atomic E-state index is 10.7. The summed E-state index contributed by atoms with van der Waals surface area (Å²) in [5.41, 5.74) is 6.46. The van der Waals surface area contributed by atoms with Gasteiger partial charge in [0.25, 0.3) is 0 Å². The molecule has 8 heteroatoms. The highest BCUT2D eigenvalue weighted by molar-refractivity contribution is 5.93. The molecule has 0 spiro atoms. The Hall–Kier alpha value is -1.50. The van der Waals surface area contributed by atoms with Crippen molar-refractivity contribution in [1.82, 2.24) is 4.90 Å². The number of guanidine groups is 1. The van der Waals surface area contributed by atoms with Gasteiger partial charge in [-0.05, 0) is 38.4 Å². The van der Waals surface area contributed by atoms with Gasteiger partial charge in [0.2, 0.25) is 0 Å². The number of nitrogens with zero attached hydrogens (tertiary/aromatic N) is 2. The number of carboxylic acid groups (broad SMARTS) is 1. The third kappa shape index (κ3) is 6.10. The zero-order chi connectivity index (χ0) is 13.7. The Kier molecular flexibility index (Phi) is 9.79. The molecule has 1 rings (SSSR count). The van der Waals surface area contributed by atoms with Crippen LogP contribution in [-0.4, -0.2) is 49.1 Å². The molecule has 0 heterocycles. The molecule has 0 aromatic heterocycles.